The molecule has 12 heteroatoms. The van der Waals surface area contributed by atoms with E-state index in [0.717, 1.165) is 44.7 Å². The molecule has 2 fully saturated rings. The van der Waals surface area contributed by atoms with Crippen LogP contribution in [-0.4, -0.2) is 82.6 Å². The van der Waals surface area contributed by atoms with E-state index >= 15 is 0 Å². The summed E-state index contributed by atoms with van der Waals surface area (Å²) in [6.07, 6.45) is 5.57. The summed E-state index contributed by atoms with van der Waals surface area (Å²) in [6, 6.07) is 4.58. The molecule has 2 aliphatic heterocycles. The molecule has 2 aromatic rings. The Labute approximate surface area is 239 Å². The molecule has 9 nitrogen and oxygen atoms in total. The number of aldehydes is 1. The Morgan fingerprint density at radius 1 is 1.12 bits per heavy atom. The second-order valence-corrected chi connectivity index (χ2v) is 12.1. The van der Waals surface area contributed by atoms with Crippen LogP contribution in [0.4, 0.5) is 30.6 Å². The van der Waals surface area contributed by atoms with Crippen molar-refractivity contribution >= 4 is 23.7 Å². The summed E-state index contributed by atoms with van der Waals surface area (Å²) in [5.41, 5.74) is 0.186. The number of hydrogen-bond donors (Lipinski definition) is 2. The Hall–Kier alpha value is -3.12. The molecule has 4 rings (SSSR count). The number of anilines is 3. The maximum absolute atomic E-state index is 14.7. The number of nitrogens with one attached hydrogen (secondary N) is 2. The van der Waals surface area contributed by atoms with Crippen LogP contribution in [-0.2, 0) is 4.79 Å². The molecule has 0 amide bonds. The minimum absolute atomic E-state index is 0.00886. The zero-order valence-electron chi connectivity index (χ0n) is 24.4. The lowest BCUT2D eigenvalue weighted by Gasteiger charge is -2.53. The van der Waals surface area contributed by atoms with Gasteiger partial charge in [0.1, 0.15) is 12.4 Å². The highest BCUT2D eigenvalue weighted by atomic mass is 19.3. The zero-order chi connectivity index (χ0) is 29.8. The van der Waals surface area contributed by atoms with E-state index in [2.05, 4.69) is 60.2 Å². The largest absolute Gasteiger partial charge is 0.486 e. The van der Waals surface area contributed by atoms with Gasteiger partial charge in [-0.2, -0.15) is 13.8 Å². The highest BCUT2D eigenvalue weighted by Gasteiger charge is 2.43. The molecule has 1 aromatic carbocycles. The lowest BCUT2D eigenvalue weighted by atomic mass is 9.77. The Morgan fingerprint density at radius 3 is 2.54 bits per heavy atom. The van der Waals surface area contributed by atoms with Gasteiger partial charge in [-0.1, -0.05) is 0 Å². The van der Waals surface area contributed by atoms with Gasteiger partial charge in [0.05, 0.1) is 12.7 Å². The van der Waals surface area contributed by atoms with Gasteiger partial charge in [-0.3, -0.25) is 9.80 Å². The van der Waals surface area contributed by atoms with Gasteiger partial charge in [-0.05, 0) is 85.5 Å². The maximum atomic E-state index is 14.7. The van der Waals surface area contributed by atoms with Crippen LogP contribution in [0.15, 0.2) is 24.4 Å². The van der Waals surface area contributed by atoms with Gasteiger partial charge in [-0.15, -0.1) is 0 Å². The minimum atomic E-state index is -3.05. The summed E-state index contributed by atoms with van der Waals surface area (Å²) in [7, 11) is 2.10. The molecule has 41 heavy (non-hydrogen) atoms. The van der Waals surface area contributed by atoms with Gasteiger partial charge in [0.25, 0.3) is 0 Å². The molecular formula is C29H41F3N6O3. The van der Waals surface area contributed by atoms with Crippen molar-refractivity contribution in [3.63, 3.8) is 0 Å². The number of alkyl halides is 2. The Bertz CT molecular complexity index is 1180. The van der Waals surface area contributed by atoms with Crippen LogP contribution >= 0.6 is 0 Å². The first kappa shape index (κ1) is 30.8. The summed E-state index contributed by atoms with van der Waals surface area (Å²) < 4.78 is 52.1. The third-order valence-electron chi connectivity index (χ3n) is 8.20. The normalized spacial score (nSPS) is 21.7. The molecule has 2 aliphatic rings. The molecule has 2 saturated heterocycles. The number of ether oxygens (including phenoxy) is 2. The molecule has 0 spiro atoms. The number of hydrogen-bond acceptors (Lipinski definition) is 9. The summed E-state index contributed by atoms with van der Waals surface area (Å²) in [6.45, 7) is 7.43. The van der Waals surface area contributed by atoms with Crippen molar-refractivity contribution < 1.29 is 27.4 Å². The molecule has 226 valence electrons. The molecule has 0 saturated carbocycles. The monoisotopic (exact) mass is 578 g/mol. The van der Waals surface area contributed by atoms with Crippen molar-refractivity contribution in [3.05, 3.63) is 30.2 Å². The molecule has 0 radical (unpaired) electrons. The fourth-order valence-corrected chi connectivity index (χ4v) is 5.91. The first-order chi connectivity index (χ1) is 19.4. The number of piperidine rings is 1. The topological polar surface area (TPSA) is 91.9 Å². The van der Waals surface area contributed by atoms with Crippen molar-refractivity contribution in [2.24, 2.45) is 0 Å². The van der Waals surface area contributed by atoms with E-state index < -0.39 is 12.4 Å². The van der Waals surface area contributed by atoms with Crippen molar-refractivity contribution in [2.45, 2.75) is 89.6 Å². The van der Waals surface area contributed by atoms with E-state index in [4.69, 9.17) is 9.47 Å². The number of benzene rings is 1. The third-order valence-corrected chi connectivity index (χ3v) is 8.20. The van der Waals surface area contributed by atoms with Gasteiger partial charge in [0.2, 0.25) is 5.95 Å². The summed E-state index contributed by atoms with van der Waals surface area (Å²) >= 11 is 0. The quantitative estimate of drug-likeness (QED) is 0.357. The van der Waals surface area contributed by atoms with Gasteiger partial charge in [0.15, 0.2) is 23.1 Å². The van der Waals surface area contributed by atoms with Crippen LogP contribution in [0.1, 0.15) is 59.8 Å². The standard InChI is InChI=1S/C29H41F3N6O3/c1-28(2)16-20(17-29(3,4)37(28)5)34-25-22(30)18-33-27(36-25)35-19-8-9-23(24(15-19)41-26(31)32)40-21-7-6-11-38(12-10-21)13-14-39/h8-9,14-15,18,20-21,26H,6-7,10-13,16-17H2,1-5H3,(H2,33,34,35,36). The van der Waals surface area contributed by atoms with Crippen LogP contribution in [0.3, 0.4) is 0 Å². The van der Waals surface area contributed by atoms with E-state index in [1.165, 1.54) is 6.07 Å². The lowest BCUT2D eigenvalue weighted by molar-refractivity contribution is -0.108. The number of likely N-dealkylation sites (tertiary alicyclic amines) is 2. The van der Waals surface area contributed by atoms with Crippen molar-refractivity contribution in [1.82, 2.24) is 19.8 Å². The van der Waals surface area contributed by atoms with Crippen molar-refractivity contribution in [1.29, 1.82) is 0 Å². The Morgan fingerprint density at radius 2 is 1.85 bits per heavy atom. The molecular weight excluding hydrogens is 537 g/mol. The van der Waals surface area contributed by atoms with E-state index in [0.29, 0.717) is 25.2 Å². The number of nitrogens with zero attached hydrogens (tertiary/aromatic N) is 4. The summed E-state index contributed by atoms with van der Waals surface area (Å²) in [4.78, 5) is 23.6. The van der Waals surface area contributed by atoms with E-state index in [-0.39, 0.29) is 46.5 Å². The van der Waals surface area contributed by atoms with Crippen molar-refractivity contribution in [2.75, 3.05) is 37.3 Å². The van der Waals surface area contributed by atoms with Crippen LogP contribution in [0, 0.1) is 5.82 Å². The minimum Gasteiger partial charge on any atom is -0.486 e. The smallest absolute Gasteiger partial charge is 0.387 e. The summed E-state index contributed by atoms with van der Waals surface area (Å²) in [5.74, 6) is -0.332. The maximum Gasteiger partial charge on any atom is 0.387 e. The highest BCUT2D eigenvalue weighted by Crippen LogP contribution is 2.38. The van der Waals surface area contributed by atoms with Crippen LogP contribution in [0.2, 0.25) is 0 Å². The fraction of sp³-hybridized carbons (Fsp3) is 0.621. The average molecular weight is 579 g/mol. The van der Waals surface area contributed by atoms with Gasteiger partial charge in [0, 0.05) is 35.4 Å². The summed E-state index contributed by atoms with van der Waals surface area (Å²) in [5, 5.41) is 6.22. The first-order valence-corrected chi connectivity index (χ1v) is 14.1. The molecule has 0 aliphatic carbocycles. The average Bonchev–Trinajstić information content (AvgIpc) is 3.10. The molecule has 1 unspecified atom stereocenters. The van der Waals surface area contributed by atoms with Crippen LogP contribution in [0.5, 0.6) is 11.5 Å². The number of carbonyl (C=O) groups is 1. The molecule has 0 bridgehead atoms. The predicted octanol–water partition coefficient (Wildman–Crippen LogP) is 5.46. The molecule has 2 N–H and O–H groups in total. The highest BCUT2D eigenvalue weighted by molar-refractivity contribution is 5.60. The van der Waals surface area contributed by atoms with Crippen molar-refractivity contribution in [3.8, 4) is 11.5 Å². The van der Waals surface area contributed by atoms with Gasteiger partial charge in [-0.25, -0.2) is 9.37 Å². The lowest BCUT2D eigenvalue weighted by Crippen LogP contribution is -2.61. The number of carbonyl (C=O) groups excluding carboxylic acids is 1. The van der Waals surface area contributed by atoms with Gasteiger partial charge >= 0.3 is 6.61 Å². The van der Waals surface area contributed by atoms with Crippen LogP contribution in [0.25, 0.3) is 0 Å². The fourth-order valence-electron chi connectivity index (χ4n) is 5.91. The third kappa shape index (κ3) is 8.00. The van der Waals surface area contributed by atoms with Crippen LogP contribution < -0.4 is 20.1 Å². The Kier molecular flexibility index (Phi) is 9.63. The zero-order valence-corrected chi connectivity index (χ0v) is 24.4. The second-order valence-electron chi connectivity index (χ2n) is 12.1. The molecule has 1 atom stereocenters. The predicted molar refractivity (Wildman–Crippen MR) is 152 cm³/mol. The SMILES string of the molecule is CN1C(C)(C)CC(Nc2nc(Nc3ccc(OC4CCCN(CC=O)CC4)c(OC(F)F)c3)ncc2F)CC1(C)C. The number of aromatic nitrogens is 2. The van der Waals surface area contributed by atoms with E-state index in [1.54, 1.807) is 12.1 Å². The Balaban J connectivity index is 1.48. The molecule has 3 heterocycles. The number of rotatable bonds is 10. The second kappa shape index (κ2) is 12.8. The van der Waals surface area contributed by atoms with Gasteiger partial charge < -0.3 is 24.9 Å². The first-order valence-electron chi connectivity index (χ1n) is 14.1. The van der Waals surface area contributed by atoms with E-state index in [9.17, 15) is 18.0 Å². The van der Waals surface area contributed by atoms with E-state index in [1.807, 2.05) is 4.90 Å². The number of halogens is 3. The molecule has 1 aromatic heterocycles.